The number of rotatable bonds is 8. The van der Waals surface area contributed by atoms with E-state index in [-0.39, 0.29) is 12.4 Å². The van der Waals surface area contributed by atoms with Crippen LogP contribution in [-0.2, 0) is 17.9 Å². The second-order valence-electron chi connectivity index (χ2n) is 5.43. The number of hydrogen-bond donors (Lipinski definition) is 0. The van der Waals surface area contributed by atoms with Crippen LogP contribution in [0.5, 0.6) is 5.75 Å². The number of carbonyl (C=O) groups is 1. The first kappa shape index (κ1) is 19.7. The van der Waals surface area contributed by atoms with Crippen molar-refractivity contribution in [2.24, 2.45) is 0 Å². The molecule has 2 rings (SSSR count). The number of carbonyl (C=O) groups excluding carboxylic acids is 1. The molecule has 0 saturated heterocycles. The maximum atomic E-state index is 12.2. The standard InChI is InChI=1S/C18H19F3N2O3/c1-3-23-9-8-15(22-23)16(24)6-4-13-5-7-17(25-2)14(10-13)11-26-12-18(19,20)21/h4-10H,3,11-12H2,1-2H3/b6-4+. The van der Waals surface area contributed by atoms with E-state index in [1.807, 2.05) is 6.92 Å². The van der Waals surface area contributed by atoms with Gasteiger partial charge in [-0.3, -0.25) is 9.48 Å². The molecule has 140 valence electrons. The Bertz CT molecular complexity index is 782. The minimum Gasteiger partial charge on any atom is -0.496 e. The van der Waals surface area contributed by atoms with Crippen LogP contribution in [0.2, 0.25) is 0 Å². The smallest absolute Gasteiger partial charge is 0.411 e. The molecule has 0 aliphatic rings. The Labute approximate surface area is 149 Å². The molecule has 0 atom stereocenters. The van der Waals surface area contributed by atoms with Crippen LogP contribution in [-0.4, -0.2) is 35.5 Å². The summed E-state index contributed by atoms with van der Waals surface area (Å²) in [5.41, 5.74) is 1.42. The summed E-state index contributed by atoms with van der Waals surface area (Å²) in [7, 11) is 1.42. The highest BCUT2D eigenvalue weighted by atomic mass is 19.4. The quantitative estimate of drug-likeness (QED) is 0.524. The van der Waals surface area contributed by atoms with Crippen LogP contribution in [0.3, 0.4) is 0 Å². The SMILES string of the molecule is CCn1ccc(C(=O)/C=C/c2ccc(OC)c(COCC(F)(F)F)c2)n1. The van der Waals surface area contributed by atoms with Gasteiger partial charge in [-0.25, -0.2) is 0 Å². The van der Waals surface area contributed by atoms with Crippen LogP contribution in [0, 0.1) is 0 Å². The van der Waals surface area contributed by atoms with Crippen molar-refractivity contribution in [3.63, 3.8) is 0 Å². The van der Waals surface area contributed by atoms with Crippen molar-refractivity contribution in [1.29, 1.82) is 0 Å². The molecule has 0 amide bonds. The third-order valence-electron chi connectivity index (χ3n) is 3.47. The van der Waals surface area contributed by atoms with Crippen molar-refractivity contribution >= 4 is 11.9 Å². The highest BCUT2D eigenvalue weighted by Crippen LogP contribution is 2.23. The van der Waals surface area contributed by atoms with Gasteiger partial charge in [0, 0.05) is 18.3 Å². The van der Waals surface area contributed by atoms with Crippen molar-refractivity contribution in [2.45, 2.75) is 26.3 Å². The molecule has 0 spiro atoms. The maximum Gasteiger partial charge on any atom is 0.411 e. The van der Waals surface area contributed by atoms with E-state index in [0.29, 0.717) is 29.1 Å². The van der Waals surface area contributed by atoms with Gasteiger partial charge in [0.25, 0.3) is 0 Å². The van der Waals surface area contributed by atoms with Crippen molar-refractivity contribution in [3.8, 4) is 5.75 Å². The van der Waals surface area contributed by atoms with Gasteiger partial charge in [0.05, 0.1) is 13.7 Å². The number of ether oxygens (including phenoxy) is 2. The fraction of sp³-hybridized carbons (Fsp3) is 0.333. The molecule has 8 heteroatoms. The summed E-state index contributed by atoms with van der Waals surface area (Å²) < 4.78 is 48.1. The molecular formula is C18H19F3N2O3. The number of methoxy groups -OCH3 is 1. The van der Waals surface area contributed by atoms with Gasteiger partial charge in [0.1, 0.15) is 18.1 Å². The van der Waals surface area contributed by atoms with Crippen LogP contribution in [0.4, 0.5) is 13.2 Å². The number of nitrogens with zero attached hydrogens (tertiary/aromatic N) is 2. The summed E-state index contributed by atoms with van der Waals surface area (Å²) >= 11 is 0. The van der Waals surface area contributed by atoms with Crippen molar-refractivity contribution in [2.75, 3.05) is 13.7 Å². The monoisotopic (exact) mass is 368 g/mol. The van der Waals surface area contributed by atoms with Crippen molar-refractivity contribution in [3.05, 3.63) is 53.4 Å². The molecule has 2 aromatic rings. The first-order valence-corrected chi connectivity index (χ1v) is 7.89. The molecule has 0 aliphatic heterocycles. The zero-order valence-electron chi connectivity index (χ0n) is 14.4. The Kier molecular flexibility index (Phi) is 6.57. The number of ketones is 1. The van der Waals surface area contributed by atoms with E-state index in [9.17, 15) is 18.0 Å². The normalized spacial score (nSPS) is 11.9. The summed E-state index contributed by atoms with van der Waals surface area (Å²) in [6.45, 7) is 0.988. The molecule has 1 aromatic carbocycles. The van der Waals surface area contributed by atoms with E-state index in [2.05, 4.69) is 9.84 Å². The topological polar surface area (TPSA) is 53.4 Å². The van der Waals surface area contributed by atoms with Gasteiger partial charge in [0.2, 0.25) is 5.78 Å². The van der Waals surface area contributed by atoms with Crippen molar-refractivity contribution < 1.29 is 27.4 Å². The third-order valence-corrected chi connectivity index (χ3v) is 3.47. The predicted octanol–water partition coefficient (Wildman–Crippen LogP) is 3.89. The van der Waals surface area contributed by atoms with E-state index in [1.54, 1.807) is 41.2 Å². The summed E-state index contributed by atoms with van der Waals surface area (Å²) in [6.07, 6.45) is 0.258. The van der Waals surface area contributed by atoms with Gasteiger partial charge < -0.3 is 9.47 Å². The lowest BCUT2D eigenvalue weighted by Gasteiger charge is -2.11. The van der Waals surface area contributed by atoms with Gasteiger partial charge in [0.15, 0.2) is 0 Å². The Morgan fingerprint density at radius 1 is 1.31 bits per heavy atom. The van der Waals surface area contributed by atoms with Crippen LogP contribution >= 0.6 is 0 Å². The van der Waals surface area contributed by atoms with E-state index in [4.69, 9.17) is 4.74 Å². The summed E-state index contributed by atoms with van der Waals surface area (Å²) in [6, 6.07) is 6.55. The number of allylic oxidation sites excluding steroid dienone is 1. The lowest BCUT2D eigenvalue weighted by Crippen LogP contribution is -2.16. The maximum absolute atomic E-state index is 12.2. The molecule has 0 fully saturated rings. The number of hydrogen-bond acceptors (Lipinski definition) is 4. The van der Waals surface area contributed by atoms with Crippen LogP contribution < -0.4 is 4.74 Å². The zero-order valence-corrected chi connectivity index (χ0v) is 14.4. The van der Waals surface area contributed by atoms with E-state index in [0.717, 1.165) is 0 Å². The summed E-state index contributed by atoms with van der Waals surface area (Å²) in [5.74, 6) is 0.153. The third kappa shape index (κ3) is 5.73. The highest BCUT2D eigenvalue weighted by molar-refractivity contribution is 6.05. The van der Waals surface area contributed by atoms with Crippen LogP contribution in [0.1, 0.15) is 28.5 Å². The molecule has 1 heterocycles. The molecule has 5 nitrogen and oxygen atoms in total. The Morgan fingerprint density at radius 2 is 2.08 bits per heavy atom. The minimum atomic E-state index is -4.39. The van der Waals surface area contributed by atoms with Crippen molar-refractivity contribution in [1.82, 2.24) is 9.78 Å². The fourth-order valence-electron chi connectivity index (χ4n) is 2.22. The predicted molar refractivity (Wildman–Crippen MR) is 90.0 cm³/mol. The summed E-state index contributed by atoms with van der Waals surface area (Å²) in [4.78, 5) is 12.1. The number of benzene rings is 1. The minimum absolute atomic E-state index is 0.251. The number of aromatic nitrogens is 2. The lowest BCUT2D eigenvalue weighted by molar-refractivity contribution is -0.176. The molecule has 0 aliphatic carbocycles. The highest BCUT2D eigenvalue weighted by Gasteiger charge is 2.27. The largest absolute Gasteiger partial charge is 0.496 e. The first-order valence-electron chi connectivity index (χ1n) is 7.89. The molecular weight excluding hydrogens is 349 g/mol. The van der Waals surface area contributed by atoms with E-state index < -0.39 is 12.8 Å². The lowest BCUT2D eigenvalue weighted by atomic mass is 10.1. The Hall–Kier alpha value is -2.61. The van der Waals surface area contributed by atoms with E-state index in [1.165, 1.54) is 13.2 Å². The molecule has 0 radical (unpaired) electrons. The zero-order chi connectivity index (χ0) is 19.2. The molecule has 0 N–H and O–H groups in total. The average molecular weight is 368 g/mol. The van der Waals surface area contributed by atoms with Gasteiger partial charge in [-0.2, -0.15) is 18.3 Å². The molecule has 0 bridgehead atoms. The number of aryl methyl sites for hydroxylation is 1. The van der Waals surface area contributed by atoms with Gasteiger partial charge >= 0.3 is 6.18 Å². The number of alkyl halides is 3. The molecule has 26 heavy (non-hydrogen) atoms. The Morgan fingerprint density at radius 3 is 2.69 bits per heavy atom. The van der Waals surface area contributed by atoms with Crippen LogP contribution in [0.25, 0.3) is 6.08 Å². The van der Waals surface area contributed by atoms with Gasteiger partial charge in [-0.05, 0) is 36.8 Å². The first-order chi connectivity index (χ1) is 12.3. The molecule has 1 aromatic heterocycles. The Balaban J connectivity index is 2.08. The molecule has 0 unspecified atom stereocenters. The van der Waals surface area contributed by atoms with E-state index >= 15 is 0 Å². The number of halogens is 3. The van der Waals surface area contributed by atoms with Crippen LogP contribution in [0.15, 0.2) is 36.5 Å². The second-order valence-corrected chi connectivity index (χ2v) is 5.43. The summed E-state index contributed by atoms with van der Waals surface area (Å²) in [5, 5.41) is 4.12. The average Bonchev–Trinajstić information content (AvgIpc) is 3.08. The second kappa shape index (κ2) is 8.66. The van der Waals surface area contributed by atoms with Gasteiger partial charge in [-0.15, -0.1) is 0 Å². The molecule has 0 saturated carbocycles. The van der Waals surface area contributed by atoms with Gasteiger partial charge in [-0.1, -0.05) is 12.1 Å². The fourth-order valence-corrected chi connectivity index (χ4v) is 2.22.